The lowest BCUT2D eigenvalue weighted by atomic mass is 10.2. The summed E-state index contributed by atoms with van der Waals surface area (Å²) in [5, 5.41) is 15.0. The Morgan fingerprint density at radius 3 is 2.29 bits per heavy atom. The molecule has 1 aromatic rings. The largest absolute Gasteiger partial charge is 0.395 e. The fourth-order valence-corrected chi connectivity index (χ4v) is 1.28. The summed E-state index contributed by atoms with van der Waals surface area (Å²) < 4.78 is 0. The molecule has 0 unspecified atom stereocenters. The van der Waals surface area contributed by atoms with Gasteiger partial charge in [0.15, 0.2) is 0 Å². The number of hydrogen-bond donors (Lipinski definition) is 3. The van der Waals surface area contributed by atoms with Crippen LogP contribution >= 0.6 is 24.8 Å². The third-order valence-corrected chi connectivity index (χ3v) is 2.07. The summed E-state index contributed by atoms with van der Waals surface area (Å²) in [5.41, 5.74) is 1.26. The lowest BCUT2D eigenvalue weighted by molar-refractivity contribution is 0.292. The van der Waals surface area contributed by atoms with Crippen LogP contribution in [-0.4, -0.2) is 36.3 Å². The maximum absolute atomic E-state index is 8.53. The smallest absolute Gasteiger partial charge is 0.0555 e. The molecule has 0 aliphatic heterocycles. The molecule has 0 saturated carbocycles. The van der Waals surface area contributed by atoms with Crippen molar-refractivity contribution in [2.75, 3.05) is 26.2 Å². The summed E-state index contributed by atoms with van der Waals surface area (Å²) in [5.74, 6) is 0. The molecule has 0 aliphatic carbocycles. The summed E-state index contributed by atoms with van der Waals surface area (Å²) in [4.78, 5) is 3.96. The Labute approximate surface area is 115 Å². The average Bonchev–Trinajstić information content (AvgIpc) is 2.29. The lowest BCUT2D eigenvalue weighted by Gasteiger charge is -2.05. The Morgan fingerprint density at radius 1 is 1.00 bits per heavy atom. The number of aliphatic hydroxyl groups excluding tert-OH is 1. The van der Waals surface area contributed by atoms with Gasteiger partial charge in [-0.2, -0.15) is 0 Å². The van der Waals surface area contributed by atoms with Crippen molar-refractivity contribution in [2.24, 2.45) is 0 Å². The van der Waals surface area contributed by atoms with Gasteiger partial charge in [-0.05, 0) is 37.2 Å². The first kappa shape index (κ1) is 19.0. The molecule has 100 valence electrons. The maximum atomic E-state index is 8.53. The number of rotatable bonds is 8. The summed E-state index contributed by atoms with van der Waals surface area (Å²) in [6.45, 7) is 3.72. The molecular formula is C11H21Cl2N3O. The highest BCUT2D eigenvalue weighted by Crippen LogP contribution is 1.94. The van der Waals surface area contributed by atoms with Gasteiger partial charge in [0, 0.05) is 25.5 Å². The van der Waals surface area contributed by atoms with Gasteiger partial charge in [-0.1, -0.05) is 0 Å². The van der Waals surface area contributed by atoms with Gasteiger partial charge in [0.1, 0.15) is 0 Å². The molecule has 0 spiro atoms. The van der Waals surface area contributed by atoms with Crippen molar-refractivity contribution in [1.82, 2.24) is 15.6 Å². The zero-order valence-electron chi connectivity index (χ0n) is 9.76. The van der Waals surface area contributed by atoms with E-state index in [1.54, 1.807) is 12.4 Å². The Bertz CT molecular complexity index is 250. The molecular weight excluding hydrogens is 261 g/mol. The number of aromatic nitrogens is 1. The predicted molar refractivity (Wildman–Crippen MR) is 75.0 cm³/mol. The lowest BCUT2D eigenvalue weighted by Crippen LogP contribution is -2.23. The van der Waals surface area contributed by atoms with E-state index in [4.69, 9.17) is 5.11 Å². The second-order valence-corrected chi connectivity index (χ2v) is 3.36. The number of pyridine rings is 1. The second-order valence-electron chi connectivity index (χ2n) is 3.36. The molecule has 0 fully saturated rings. The molecule has 0 aliphatic rings. The van der Waals surface area contributed by atoms with E-state index in [1.165, 1.54) is 5.56 Å². The number of nitrogens with one attached hydrogen (secondary N) is 2. The topological polar surface area (TPSA) is 57.2 Å². The van der Waals surface area contributed by atoms with Crippen LogP contribution in [0.5, 0.6) is 0 Å². The highest BCUT2D eigenvalue weighted by molar-refractivity contribution is 5.85. The van der Waals surface area contributed by atoms with Crippen molar-refractivity contribution >= 4 is 24.8 Å². The molecule has 0 amide bonds. The van der Waals surface area contributed by atoms with Gasteiger partial charge in [0.25, 0.3) is 0 Å². The SMILES string of the molecule is Cl.Cl.OCCNCCCNCc1ccncc1. The molecule has 1 heterocycles. The van der Waals surface area contributed by atoms with Gasteiger partial charge in [0.2, 0.25) is 0 Å². The highest BCUT2D eigenvalue weighted by Gasteiger charge is 1.91. The van der Waals surface area contributed by atoms with Crippen LogP contribution in [0.3, 0.4) is 0 Å². The van der Waals surface area contributed by atoms with E-state index in [0.717, 1.165) is 26.1 Å². The van der Waals surface area contributed by atoms with Crippen molar-refractivity contribution in [2.45, 2.75) is 13.0 Å². The summed E-state index contributed by atoms with van der Waals surface area (Å²) in [6, 6.07) is 4.02. The van der Waals surface area contributed by atoms with E-state index in [0.29, 0.717) is 6.54 Å². The summed E-state index contributed by atoms with van der Waals surface area (Å²) in [6.07, 6.45) is 4.69. The average molecular weight is 282 g/mol. The molecule has 1 aromatic heterocycles. The van der Waals surface area contributed by atoms with Gasteiger partial charge < -0.3 is 15.7 Å². The van der Waals surface area contributed by atoms with E-state index >= 15 is 0 Å². The standard InChI is InChI=1S/C11H19N3O.2ClH/c15-9-8-12-4-1-5-14-10-11-2-6-13-7-3-11;;/h2-3,6-7,12,14-15H,1,4-5,8-10H2;2*1H. The minimum absolute atomic E-state index is 0. The molecule has 4 nitrogen and oxygen atoms in total. The number of hydrogen-bond acceptors (Lipinski definition) is 4. The maximum Gasteiger partial charge on any atom is 0.0555 e. The molecule has 0 atom stereocenters. The van der Waals surface area contributed by atoms with Crippen LogP contribution in [-0.2, 0) is 6.54 Å². The van der Waals surface area contributed by atoms with E-state index in [9.17, 15) is 0 Å². The zero-order valence-corrected chi connectivity index (χ0v) is 11.4. The van der Waals surface area contributed by atoms with Gasteiger partial charge in [0.05, 0.1) is 6.61 Å². The Hall–Kier alpha value is -0.390. The highest BCUT2D eigenvalue weighted by atomic mass is 35.5. The Balaban J connectivity index is 0. The number of halogens is 2. The first-order chi connectivity index (χ1) is 7.43. The first-order valence-corrected chi connectivity index (χ1v) is 5.34. The molecule has 17 heavy (non-hydrogen) atoms. The van der Waals surface area contributed by atoms with E-state index in [2.05, 4.69) is 15.6 Å². The quantitative estimate of drug-likeness (QED) is 0.622. The minimum Gasteiger partial charge on any atom is -0.395 e. The van der Waals surface area contributed by atoms with Crippen LogP contribution in [0.1, 0.15) is 12.0 Å². The van der Waals surface area contributed by atoms with E-state index in [-0.39, 0.29) is 31.4 Å². The number of nitrogens with zero attached hydrogens (tertiary/aromatic N) is 1. The monoisotopic (exact) mass is 281 g/mol. The Morgan fingerprint density at radius 2 is 1.65 bits per heavy atom. The van der Waals surface area contributed by atoms with Gasteiger partial charge in [-0.15, -0.1) is 24.8 Å². The minimum atomic E-state index is 0. The van der Waals surface area contributed by atoms with Crippen molar-refractivity contribution in [3.63, 3.8) is 0 Å². The predicted octanol–water partition coefficient (Wildman–Crippen LogP) is 0.987. The third-order valence-electron chi connectivity index (χ3n) is 2.07. The Kier molecular flexibility index (Phi) is 15.3. The van der Waals surface area contributed by atoms with Crippen molar-refractivity contribution in [1.29, 1.82) is 0 Å². The van der Waals surface area contributed by atoms with E-state index < -0.39 is 0 Å². The van der Waals surface area contributed by atoms with Gasteiger partial charge in [-0.3, -0.25) is 4.98 Å². The van der Waals surface area contributed by atoms with Crippen LogP contribution in [0, 0.1) is 0 Å². The van der Waals surface area contributed by atoms with Crippen LogP contribution in [0.2, 0.25) is 0 Å². The molecule has 0 saturated heterocycles. The third kappa shape index (κ3) is 10.5. The van der Waals surface area contributed by atoms with Crippen LogP contribution in [0.15, 0.2) is 24.5 Å². The van der Waals surface area contributed by atoms with Crippen molar-refractivity contribution in [3.8, 4) is 0 Å². The molecule has 6 heteroatoms. The van der Waals surface area contributed by atoms with Crippen LogP contribution in [0.25, 0.3) is 0 Å². The van der Waals surface area contributed by atoms with Crippen LogP contribution in [0.4, 0.5) is 0 Å². The van der Waals surface area contributed by atoms with E-state index in [1.807, 2.05) is 12.1 Å². The molecule has 0 aromatic carbocycles. The van der Waals surface area contributed by atoms with Crippen molar-refractivity contribution < 1.29 is 5.11 Å². The van der Waals surface area contributed by atoms with Crippen LogP contribution < -0.4 is 10.6 Å². The number of aliphatic hydroxyl groups is 1. The molecule has 1 rings (SSSR count). The van der Waals surface area contributed by atoms with Gasteiger partial charge >= 0.3 is 0 Å². The molecule has 0 bridgehead atoms. The summed E-state index contributed by atoms with van der Waals surface area (Å²) in [7, 11) is 0. The van der Waals surface area contributed by atoms with Crippen molar-refractivity contribution in [3.05, 3.63) is 30.1 Å². The normalized spacial score (nSPS) is 9.24. The molecule has 3 N–H and O–H groups in total. The zero-order chi connectivity index (χ0) is 10.8. The fourth-order valence-electron chi connectivity index (χ4n) is 1.28. The first-order valence-electron chi connectivity index (χ1n) is 5.34. The fraction of sp³-hybridized carbons (Fsp3) is 0.545. The molecule has 0 radical (unpaired) electrons. The van der Waals surface area contributed by atoms with Gasteiger partial charge in [-0.25, -0.2) is 0 Å². The summed E-state index contributed by atoms with van der Waals surface area (Å²) >= 11 is 0. The second kappa shape index (κ2) is 13.7.